The van der Waals surface area contributed by atoms with Crippen molar-refractivity contribution in [3.8, 4) is 11.4 Å². The Balaban J connectivity index is 1.20. The lowest BCUT2D eigenvalue weighted by molar-refractivity contribution is 0.0547. The molecular formula is C26H29N3O4S. The highest BCUT2D eigenvalue weighted by molar-refractivity contribution is 7.20. The van der Waals surface area contributed by atoms with Gasteiger partial charge in [-0.2, -0.15) is 0 Å². The maximum absolute atomic E-state index is 13.2. The molecule has 0 saturated carbocycles. The van der Waals surface area contributed by atoms with Crippen LogP contribution >= 0.6 is 11.3 Å². The van der Waals surface area contributed by atoms with Gasteiger partial charge in [-0.1, -0.05) is 0 Å². The molecule has 3 atom stereocenters. The van der Waals surface area contributed by atoms with E-state index in [1.807, 2.05) is 24.3 Å². The molecule has 5 heterocycles. The highest BCUT2D eigenvalue weighted by atomic mass is 32.1. The Hall–Kier alpha value is -2.55. The second kappa shape index (κ2) is 8.91. The van der Waals surface area contributed by atoms with Crippen molar-refractivity contribution in [3.05, 3.63) is 51.9 Å². The number of carbonyl (C=O) groups is 1. The van der Waals surface area contributed by atoms with Gasteiger partial charge in [0.15, 0.2) is 5.78 Å². The molecule has 3 fully saturated rings. The van der Waals surface area contributed by atoms with E-state index in [0.717, 1.165) is 37.1 Å². The van der Waals surface area contributed by atoms with Crippen LogP contribution in [0.4, 0.5) is 0 Å². The maximum Gasteiger partial charge on any atom is 0.275 e. The molecule has 1 aromatic carbocycles. The molecule has 0 N–H and O–H groups in total. The third-order valence-electron chi connectivity index (χ3n) is 7.75. The Morgan fingerprint density at radius 1 is 1.09 bits per heavy atom. The van der Waals surface area contributed by atoms with E-state index in [4.69, 9.17) is 9.47 Å². The van der Waals surface area contributed by atoms with Crippen molar-refractivity contribution in [2.45, 2.75) is 56.7 Å². The standard InChI is InChI=1S/C26H29N3O4S/c1-28-18-2-3-19(28)13-21(12-18)33-20-6-4-17(5-7-20)29-15-27-22-14-23(34-25(22)26(29)31)24(30)16-8-10-32-11-9-16/h4-7,14-16,18-19,21H,2-3,8-13H2,1H3/t18-,19+,21+. The van der Waals surface area contributed by atoms with Crippen LogP contribution < -0.4 is 10.3 Å². The van der Waals surface area contributed by atoms with Gasteiger partial charge < -0.3 is 14.4 Å². The summed E-state index contributed by atoms with van der Waals surface area (Å²) >= 11 is 1.25. The Morgan fingerprint density at radius 2 is 1.79 bits per heavy atom. The Kier molecular flexibility index (Phi) is 5.75. The molecule has 0 spiro atoms. The number of ketones is 1. The number of aromatic nitrogens is 2. The van der Waals surface area contributed by atoms with Crippen molar-refractivity contribution in [2.75, 3.05) is 20.3 Å². The van der Waals surface area contributed by atoms with Crippen molar-refractivity contribution in [1.29, 1.82) is 0 Å². The molecule has 8 heteroatoms. The van der Waals surface area contributed by atoms with Gasteiger partial charge in [-0.05, 0) is 75.9 Å². The van der Waals surface area contributed by atoms with Crippen LogP contribution in [0.2, 0.25) is 0 Å². The summed E-state index contributed by atoms with van der Waals surface area (Å²) in [5.74, 6) is 0.901. The minimum Gasteiger partial charge on any atom is -0.490 e. The quantitative estimate of drug-likeness (QED) is 0.514. The van der Waals surface area contributed by atoms with E-state index in [-0.39, 0.29) is 23.4 Å². The van der Waals surface area contributed by atoms with Crippen LogP contribution in [0.1, 0.15) is 48.2 Å². The molecule has 2 bridgehead atoms. The maximum atomic E-state index is 13.2. The monoisotopic (exact) mass is 479 g/mol. The SMILES string of the molecule is CN1[C@@H]2CC[C@H]1C[C@@H](Oc1ccc(-n3cnc4cc(C(=O)C5CCOCC5)sc4c3=O)cc1)C2. The number of fused-ring (bicyclic) bond motifs is 3. The average molecular weight is 480 g/mol. The van der Waals surface area contributed by atoms with E-state index in [1.165, 1.54) is 24.2 Å². The molecule has 3 aliphatic rings. The molecule has 2 aromatic heterocycles. The van der Waals surface area contributed by atoms with E-state index >= 15 is 0 Å². The van der Waals surface area contributed by atoms with Crippen molar-refractivity contribution >= 4 is 27.3 Å². The molecule has 7 nitrogen and oxygen atoms in total. The molecule has 0 radical (unpaired) electrons. The van der Waals surface area contributed by atoms with Crippen LogP contribution in [-0.4, -0.2) is 58.7 Å². The lowest BCUT2D eigenvalue weighted by atomic mass is 9.94. The van der Waals surface area contributed by atoms with Gasteiger partial charge in [0, 0.05) is 31.2 Å². The number of benzene rings is 1. The number of rotatable bonds is 5. The highest BCUT2D eigenvalue weighted by Crippen LogP contribution is 2.36. The molecular weight excluding hydrogens is 450 g/mol. The van der Waals surface area contributed by atoms with E-state index in [9.17, 15) is 9.59 Å². The van der Waals surface area contributed by atoms with E-state index < -0.39 is 0 Å². The van der Waals surface area contributed by atoms with Gasteiger partial charge in [0.25, 0.3) is 5.56 Å². The molecule has 3 aromatic rings. The molecule has 3 aliphatic heterocycles. The normalized spacial score (nSPS) is 25.6. The third kappa shape index (κ3) is 3.97. The Bertz CT molecular complexity index is 1250. The van der Waals surface area contributed by atoms with Crippen LogP contribution in [0.25, 0.3) is 15.9 Å². The fourth-order valence-corrected chi connectivity index (χ4v) is 6.77. The number of nitrogens with zero attached hydrogens (tertiary/aromatic N) is 3. The molecule has 0 unspecified atom stereocenters. The highest BCUT2D eigenvalue weighted by Gasteiger charge is 2.39. The van der Waals surface area contributed by atoms with Crippen molar-refractivity contribution in [3.63, 3.8) is 0 Å². The van der Waals surface area contributed by atoms with Crippen LogP contribution in [0.3, 0.4) is 0 Å². The first-order valence-electron chi connectivity index (χ1n) is 12.2. The minimum atomic E-state index is -0.151. The number of carbonyl (C=O) groups excluding carboxylic acids is 1. The fourth-order valence-electron chi connectivity index (χ4n) is 5.71. The van der Waals surface area contributed by atoms with Crippen molar-refractivity contribution < 1.29 is 14.3 Å². The summed E-state index contributed by atoms with van der Waals surface area (Å²) in [5, 5.41) is 0. The van der Waals surface area contributed by atoms with Gasteiger partial charge >= 0.3 is 0 Å². The predicted molar refractivity (Wildman–Crippen MR) is 131 cm³/mol. The second-order valence-corrected chi connectivity index (χ2v) is 10.8. The summed E-state index contributed by atoms with van der Waals surface area (Å²) in [6, 6.07) is 10.7. The van der Waals surface area contributed by atoms with Crippen LogP contribution in [0.15, 0.2) is 41.5 Å². The first kappa shape index (κ1) is 21.9. The van der Waals surface area contributed by atoms with Gasteiger partial charge in [-0.25, -0.2) is 4.98 Å². The summed E-state index contributed by atoms with van der Waals surface area (Å²) in [7, 11) is 2.23. The number of hydrogen-bond donors (Lipinski definition) is 0. The van der Waals surface area contributed by atoms with E-state index in [0.29, 0.717) is 40.4 Å². The third-order valence-corrected chi connectivity index (χ3v) is 8.87. The Morgan fingerprint density at radius 3 is 2.50 bits per heavy atom. The largest absolute Gasteiger partial charge is 0.490 e. The van der Waals surface area contributed by atoms with Gasteiger partial charge in [-0.3, -0.25) is 14.2 Å². The van der Waals surface area contributed by atoms with Gasteiger partial charge in [0.05, 0.1) is 16.1 Å². The number of thiophene rings is 1. The number of hydrogen-bond acceptors (Lipinski definition) is 7. The second-order valence-electron chi connectivity index (χ2n) is 9.75. The average Bonchev–Trinajstić information content (AvgIpc) is 3.37. The minimum absolute atomic E-state index is 0.0312. The lowest BCUT2D eigenvalue weighted by Crippen LogP contribution is -2.43. The smallest absolute Gasteiger partial charge is 0.275 e. The zero-order chi connectivity index (χ0) is 23.2. The number of piperidine rings is 1. The van der Waals surface area contributed by atoms with Crippen molar-refractivity contribution in [1.82, 2.24) is 14.5 Å². The van der Waals surface area contributed by atoms with Crippen molar-refractivity contribution in [2.24, 2.45) is 5.92 Å². The number of ether oxygens (including phenoxy) is 2. The van der Waals surface area contributed by atoms with Crippen LogP contribution in [-0.2, 0) is 4.74 Å². The summed E-state index contributed by atoms with van der Waals surface area (Å²) in [4.78, 5) is 33.7. The molecule has 178 valence electrons. The zero-order valence-electron chi connectivity index (χ0n) is 19.3. The lowest BCUT2D eigenvalue weighted by Gasteiger charge is -2.36. The molecule has 6 rings (SSSR count). The summed E-state index contributed by atoms with van der Waals surface area (Å²) < 4.78 is 13.7. The molecule has 0 aliphatic carbocycles. The Labute approximate surface area is 202 Å². The molecule has 3 saturated heterocycles. The van der Waals surface area contributed by atoms with Crippen LogP contribution in [0, 0.1) is 5.92 Å². The van der Waals surface area contributed by atoms with Gasteiger partial charge in [0.2, 0.25) is 0 Å². The number of Topliss-reactive ketones (excluding diaryl/α,β-unsaturated/α-hetero) is 1. The fraction of sp³-hybridized carbons (Fsp3) is 0.500. The zero-order valence-corrected chi connectivity index (χ0v) is 20.1. The first-order chi connectivity index (χ1) is 16.6. The van der Waals surface area contributed by atoms with E-state index in [2.05, 4.69) is 16.9 Å². The molecule has 0 amide bonds. The topological polar surface area (TPSA) is 73.7 Å². The predicted octanol–water partition coefficient (Wildman–Crippen LogP) is 4.06. The summed E-state index contributed by atoms with van der Waals surface area (Å²) in [5.41, 5.74) is 1.17. The van der Waals surface area contributed by atoms with Gasteiger partial charge in [-0.15, -0.1) is 11.3 Å². The van der Waals surface area contributed by atoms with Crippen LogP contribution in [0.5, 0.6) is 5.75 Å². The summed E-state index contributed by atoms with van der Waals surface area (Å²) in [6.07, 6.45) is 7.94. The molecule has 34 heavy (non-hydrogen) atoms. The van der Waals surface area contributed by atoms with Gasteiger partial charge in [0.1, 0.15) is 22.9 Å². The summed E-state index contributed by atoms with van der Waals surface area (Å²) in [6.45, 7) is 1.23. The van der Waals surface area contributed by atoms with E-state index in [1.54, 1.807) is 17.0 Å². The first-order valence-corrected chi connectivity index (χ1v) is 13.0.